The van der Waals surface area contributed by atoms with Crippen molar-refractivity contribution in [2.75, 3.05) is 33.2 Å². The molecule has 0 saturated carbocycles. The Hall–Kier alpha value is -1.36. The van der Waals surface area contributed by atoms with Gasteiger partial charge in [-0.3, -0.25) is 4.79 Å². The van der Waals surface area contributed by atoms with Crippen molar-refractivity contribution in [2.45, 2.75) is 33.1 Å². The minimum Gasteiger partial charge on any atom is -0.361 e. The summed E-state index contributed by atoms with van der Waals surface area (Å²) >= 11 is 0. The highest BCUT2D eigenvalue weighted by molar-refractivity contribution is 5.96. The molecule has 0 spiro atoms. The van der Waals surface area contributed by atoms with Gasteiger partial charge in [0.15, 0.2) is 0 Å². The van der Waals surface area contributed by atoms with Gasteiger partial charge in [0, 0.05) is 31.6 Å². The van der Waals surface area contributed by atoms with Crippen LogP contribution in [-0.4, -0.2) is 54.1 Å². The number of amides is 1. The van der Waals surface area contributed by atoms with Crippen LogP contribution in [0.5, 0.6) is 0 Å². The molecule has 0 bridgehead atoms. The molecule has 1 aliphatic rings. The summed E-state index contributed by atoms with van der Waals surface area (Å²) in [5.41, 5.74) is 1.22. The van der Waals surface area contributed by atoms with Gasteiger partial charge in [-0.05, 0) is 14.0 Å². The highest BCUT2D eigenvalue weighted by Gasteiger charge is 2.32. The molecular weight excluding hydrogens is 242 g/mol. The second-order valence-electron chi connectivity index (χ2n) is 6.31. The third-order valence-corrected chi connectivity index (χ3v) is 3.58. The van der Waals surface area contributed by atoms with E-state index in [0.29, 0.717) is 11.3 Å². The van der Waals surface area contributed by atoms with E-state index in [4.69, 9.17) is 4.52 Å². The zero-order chi connectivity index (χ0) is 14.2. The molecule has 5 heteroatoms. The summed E-state index contributed by atoms with van der Waals surface area (Å²) in [6.07, 6.45) is 0. The molecule has 0 radical (unpaired) electrons. The standard InChI is InChI=1S/C14H23N3O2/c1-10-11(12(15-19-10)14(2,3)4)13(18)17-8-6-16(5)7-9-17/h6-9H2,1-5H3. The van der Waals surface area contributed by atoms with Crippen molar-refractivity contribution in [1.29, 1.82) is 0 Å². The van der Waals surface area contributed by atoms with E-state index in [1.54, 1.807) is 0 Å². The van der Waals surface area contributed by atoms with E-state index in [-0.39, 0.29) is 11.3 Å². The van der Waals surface area contributed by atoms with E-state index in [1.165, 1.54) is 0 Å². The second kappa shape index (κ2) is 4.96. The van der Waals surface area contributed by atoms with Gasteiger partial charge in [-0.25, -0.2) is 0 Å². The lowest BCUT2D eigenvalue weighted by Gasteiger charge is -2.32. The van der Waals surface area contributed by atoms with E-state index in [9.17, 15) is 4.79 Å². The Morgan fingerprint density at radius 3 is 2.32 bits per heavy atom. The Kier molecular flexibility index (Phi) is 3.67. The maximum Gasteiger partial charge on any atom is 0.259 e. The first-order chi connectivity index (χ1) is 8.80. The van der Waals surface area contributed by atoms with Gasteiger partial charge in [-0.1, -0.05) is 25.9 Å². The Labute approximate surface area is 114 Å². The predicted octanol–water partition coefficient (Wildman–Crippen LogP) is 1.67. The molecule has 0 aromatic carbocycles. The fourth-order valence-corrected chi connectivity index (χ4v) is 2.30. The third kappa shape index (κ3) is 2.81. The number of hydrogen-bond donors (Lipinski definition) is 0. The van der Waals surface area contributed by atoms with Crippen molar-refractivity contribution in [3.63, 3.8) is 0 Å². The number of rotatable bonds is 1. The van der Waals surface area contributed by atoms with E-state index < -0.39 is 0 Å². The lowest BCUT2D eigenvalue weighted by Crippen LogP contribution is -2.47. The maximum atomic E-state index is 12.7. The van der Waals surface area contributed by atoms with Crippen LogP contribution in [0.4, 0.5) is 0 Å². The lowest BCUT2D eigenvalue weighted by atomic mass is 9.88. The molecule has 1 fully saturated rings. The molecule has 1 aliphatic heterocycles. The van der Waals surface area contributed by atoms with E-state index in [0.717, 1.165) is 31.9 Å². The summed E-state index contributed by atoms with van der Waals surface area (Å²) in [6.45, 7) is 11.3. The largest absolute Gasteiger partial charge is 0.361 e. The molecule has 2 heterocycles. The lowest BCUT2D eigenvalue weighted by molar-refractivity contribution is 0.0660. The molecule has 0 N–H and O–H groups in total. The number of aryl methyl sites for hydroxylation is 1. The number of nitrogens with zero attached hydrogens (tertiary/aromatic N) is 3. The van der Waals surface area contributed by atoms with Crippen molar-refractivity contribution in [3.8, 4) is 0 Å². The average Bonchev–Trinajstić information content (AvgIpc) is 2.71. The van der Waals surface area contributed by atoms with Crippen LogP contribution in [-0.2, 0) is 5.41 Å². The van der Waals surface area contributed by atoms with Gasteiger partial charge in [0.1, 0.15) is 17.0 Å². The van der Waals surface area contributed by atoms with Crippen molar-refractivity contribution in [2.24, 2.45) is 0 Å². The van der Waals surface area contributed by atoms with Gasteiger partial charge in [-0.2, -0.15) is 0 Å². The van der Waals surface area contributed by atoms with E-state index >= 15 is 0 Å². The number of hydrogen-bond acceptors (Lipinski definition) is 4. The summed E-state index contributed by atoms with van der Waals surface area (Å²) in [7, 11) is 2.08. The van der Waals surface area contributed by atoms with Gasteiger partial charge >= 0.3 is 0 Å². The number of piperazine rings is 1. The summed E-state index contributed by atoms with van der Waals surface area (Å²) in [5.74, 6) is 0.672. The summed E-state index contributed by atoms with van der Waals surface area (Å²) in [5, 5.41) is 4.08. The monoisotopic (exact) mass is 265 g/mol. The van der Waals surface area contributed by atoms with Gasteiger partial charge in [0.05, 0.1) is 0 Å². The molecule has 106 valence electrons. The summed E-state index contributed by atoms with van der Waals surface area (Å²) < 4.78 is 5.25. The summed E-state index contributed by atoms with van der Waals surface area (Å²) in [6, 6.07) is 0. The van der Waals surface area contributed by atoms with Crippen molar-refractivity contribution in [3.05, 3.63) is 17.0 Å². The van der Waals surface area contributed by atoms with Crippen LogP contribution < -0.4 is 0 Å². The quantitative estimate of drug-likeness (QED) is 0.775. The topological polar surface area (TPSA) is 49.6 Å². The first-order valence-corrected chi connectivity index (χ1v) is 6.75. The van der Waals surface area contributed by atoms with Crippen LogP contribution in [0.15, 0.2) is 4.52 Å². The van der Waals surface area contributed by atoms with Crippen LogP contribution in [0.3, 0.4) is 0 Å². The molecule has 0 aliphatic carbocycles. The van der Waals surface area contributed by atoms with Crippen LogP contribution in [0.25, 0.3) is 0 Å². The van der Waals surface area contributed by atoms with E-state index in [2.05, 4.69) is 17.1 Å². The smallest absolute Gasteiger partial charge is 0.259 e. The van der Waals surface area contributed by atoms with Crippen LogP contribution in [0.1, 0.15) is 42.6 Å². The average molecular weight is 265 g/mol. The molecule has 0 unspecified atom stereocenters. The van der Waals surface area contributed by atoms with Crippen molar-refractivity contribution >= 4 is 5.91 Å². The maximum absolute atomic E-state index is 12.7. The summed E-state index contributed by atoms with van der Waals surface area (Å²) in [4.78, 5) is 16.8. The SMILES string of the molecule is Cc1onc(C(C)(C)C)c1C(=O)N1CCN(C)CC1. The van der Waals surface area contributed by atoms with Crippen molar-refractivity contribution in [1.82, 2.24) is 15.0 Å². The second-order valence-corrected chi connectivity index (χ2v) is 6.31. The van der Waals surface area contributed by atoms with Gasteiger partial charge in [-0.15, -0.1) is 0 Å². The highest BCUT2D eigenvalue weighted by atomic mass is 16.5. The molecule has 1 aromatic rings. The van der Waals surface area contributed by atoms with Crippen molar-refractivity contribution < 1.29 is 9.32 Å². The minimum absolute atomic E-state index is 0.0526. The van der Waals surface area contributed by atoms with Gasteiger partial charge in [0.25, 0.3) is 5.91 Å². The fourth-order valence-electron chi connectivity index (χ4n) is 2.30. The highest BCUT2D eigenvalue weighted by Crippen LogP contribution is 2.28. The molecule has 19 heavy (non-hydrogen) atoms. The molecule has 1 saturated heterocycles. The third-order valence-electron chi connectivity index (χ3n) is 3.58. The Bertz CT molecular complexity index is 466. The van der Waals surface area contributed by atoms with Gasteiger partial charge in [0.2, 0.25) is 0 Å². The predicted molar refractivity (Wildman–Crippen MR) is 73.3 cm³/mol. The first kappa shape index (κ1) is 14.1. The Morgan fingerprint density at radius 1 is 1.21 bits per heavy atom. The Morgan fingerprint density at radius 2 is 1.79 bits per heavy atom. The Balaban J connectivity index is 2.26. The minimum atomic E-state index is -0.185. The van der Waals surface area contributed by atoms with Crippen LogP contribution >= 0.6 is 0 Å². The fraction of sp³-hybridized carbons (Fsp3) is 0.714. The molecule has 1 amide bonds. The number of carbonyl (C=O) groups excluding carboxylic acids is 1. The van der Waals surface area contributed by atoms with Crippen LogP contribution in [0, 0.1) is 6.92 Å². The zero-order valence-electron chi connectivity index (χ0n) is 12.5. The number of likely N-dealkylation sites (N-methyl/N-ethyl adjacent to an activating group) is 1. The first-order valence-electron chi connectivity index (χ1n) is 6.75. The normalized spacial score (nSPS) is 17.8. The molecule has 5 nitrogen and oxygen atoms in total. The number of carbonyl (C=O) groups is 1. The number of aromatic nitrogens is 1. The van der Waals surface area contributed by atoms with Crippen LogP contribution in [0.2, 0.25) is 0 Å². The van der Waals surface area contributed by atoms with E-state index in [1.807, 2.05) is 32.6 Å². The molecule has 2 rings (SSSR count). The molecule has 0 atom stereocenters. The molecule has 1 aromatic heterocycles. The molecular formula is C14H23N3O2. The van der Waals surface area contributed by atoms with Gasteiger partial charge < -0.3 is 14.3 Å². The zero-order valence-corrected chi connectivity index (χ0v) is 12.5.